The lowest BCUT2D eigenvalue weighted by Gasteiger charge is -2.17. The molecule has 0 spiro atoms. The second kappa shape index (κ2) is 6.42. The molecular formula is C19H17N3O3S. The fraction of sp³-hybridized carbons (Fsp3) is 0.211. The number of hydrogen-bond acceptors (Lipinski definition) is 6. The summed E-state index contributed by atoms with van der Waals surface area (Å²) >= 11 is 1.49. The van der Waals surface area contributed by atoms with Gasteiger partial charge in [-0.3, -0.25) is 9.69 Å². The van der Waals surface area contributed by atoms with Gasteiger partial charge in [0.25, 0.3) is 5.91 Å². The predicted molar refractivity (Wildman–Crippen MR) is 99.6 cm³/mol. The summed E-state index contributed by atoms with van der Waals surface area (Å²) in [5.74, 6) is 0.987. The van der Waals surface area contributed by atoms with Gasteiger partial charge in [0.1, 0.15) is 11.5 Å². The third kappa shape index (κ3) is 2.90. The Balaban J connectivity index is 1.81. The molecule has 0 saturated carbocycles. The third-order valence-electron chi connectivity index (χ3n) is 4.15. The highest BCUT2D eigenvalue weighted by atomic mass is 32.1. The molecule has 0 aliphatic heterocycles. The Kier molecular flexibility index (Phi) is 4.08. The smallest absolute Gasteiger partial charge is 0.282 e. The van der Waals surface area contributed by atoms with Gasteiger partial charge in [-0.15, -0.1) is 0 Å². The highest BCUT2D eigenvalue weighted by Gasteiger charge is 2.25. The summed E-state index contributed by atoms with van der Waals surface area (Å²) in [6.45, 7) is 6.09. The Morgan fingerprint density at radius 1 is 1.19 bits per heavy atom. The number of benzene rings is 1. The molecule has 132 valence electrons. The molecule has 0 radical (unpaired) electrons. The molecule has 1 aromatic carbocycles. The van der Waals surface area contributed by atoms with Crippen LogP contribution in [0.2, 0.25) is 0 Å². The summed E-state index contributed by atoms with van der Waals surface area (Å²) < 4.78 is 11.6. The van der Waals surface area contributed by atoms with Gasteiger partial charge in [-0.1, -0.05) is 28.6 Å². The normalized spacial score (nSPS) is 11.2. The van der Waals surface area contributed by atoms with E-state index in [2.05, 4.69) is 11.2 Å². The van der Waals surface area contributed by atoms with E-state index in [1.165, 1.54) is 11.3 Å². The SMILES string of the molecule is Cc1cc(C(=O)N(Cc2ccco2)c2nc3c(C)ccc(C)c3s2)no1. The second-order valence-electron chi connectivity index (χ2n) is 6.17. The first kappa shape index (κ1) is 16.5. The van der Waals surface area contributed by atoms with Crippen LogP contribution in [0, 0.1) is 20.8 Å². The molecular weight excluding hydrogens is 350 g/mol. The van der Waals surface area contributed by atoms with E-state index in [1.54, 1.807) is 30.2 Å². The molecule has 0 N–H and O–H groups in total. The topological polar surface area (TPSA) is 72.4 Å². The molecule has 1 amide bonds. The van der Waals surface area contributed by atoms with Gasteiger partial charge in [0.05, 0.1) is 23.0 Å². The fourth-order valence-corrected chi connectivity index (χ4v) is 3.86. The number of furan rings is 1. The number of aryl methyl sites for hydroxylation is 3. The predicted octanol–water partition coefficient (Wildman–Crippen LogP) is 4.65. The number of amides is 1. The van der Waals surface area contributed by atoms with E-state index in [9.17, 15) is 4.79 Å². The Bertz CT molecular complexity index is 1040. The van der Waals surface area contributed by atoms with Gasteiger partial charge in [-0.2, -0.15) is 0 Å². The van der Waals surface area contributed by atoms with Crippen molar-refractivity contribution in [3.8, 4) is 0 Å². The Morgan fingerprint density at radius 3 is 2.65 bits per heavy atom. The van der Waals surface area contributed by atoms with Crippen LogP contribution in [0.4, 0.5) is 5.13 Å². The van der Waals surface area contributed by atoms with Crippen LogP contribution in [0.3, 0.4) is 0 Å². The molecule has 0 fully saturated rings. The van der Waals surface area contributed by atoms with E-state index in [4.69, 9.17) is 13.9 Å². The average molecular weight is 367 g/mol. The van der Waals surface area contributed by atoms with Gasteiger partial charge < -0.3 is 8.94 Å². The van der Waals surface area contributed by atoms with E-state index < -0.39 is 0 Å². The van der Waals surface area contributed by atoms with Crippen molar-refractivity contribution in [2.24, 2.45) is 0 Å². The van der Waals surface area contributed by atoms with Crippen LogP contribution < -0.4 is 4.90 Å². The van der Waals surface area contributed by atoms with Crippen LogP contribution in [0.1, 0.15) is 33.1 Å². The molecule has 26 heavy (non-hydrogen) atoms. The minimum Gasteiger partial charge on any atom is -0.467 e. The lowest BCUT2D eigenvalue weighted by atomic mass is 10.1. The number of carbonyl (C=O) groups is 1. The Labute approximate surface area is 154 Å². The molecule has 3 heterocycles. The largest absolute Gasteiger partial charge is 0.467 e. The van der Waals surface area contributed by atoms with Crippen molar-refractivity contribution >= 4 is 32.6 Å². The molecule has 4 aromatic rings. The zero-order valence-corrected chi connectivity index (χ0v) is 15.5. The number of aromatic nitrogens is 2. The molecule has 0 bridgehead atoms. The van der Waals surface area contributed by atoms with Crippen LogP contribution in [0.25, 0.3) is 10.2 Å². The zero-order chi connectivity index (χ0) is 18.3. The van der Waals surface area contributed by atoms with Gasteiger partial charge in [0.2, 0.25) is 0 Å². The van der Waals surface area contributed by atoms with Crippen LogP contribution in [0.5, 0.6) is 0 Å². The molecule has 0 aliphatic carbocycles. The van der Waals surface area contributed by atoms with Crippen LogP contribution in [-0.4, -0.2) is 16.0 Å². The summed E-state index contributed by atoms with van der Waals surface area (Å²) in [6.07, 6.45) is 1.59. The molecule has 4 rings (SSSR count). The number of anilines is 1. The number of carbonyl (C=O) groups excluding carboxylic acids is 1. The van der Waals surface area contributed by atoms with E-state index in [0.29, 0.717) is 16.7 Å². The van der Waals surface area contributed by atoms with Crippen LogP contribution >= 0.6 is 11.3 Å². The highest BCUT2D eigenvalue weighted by molar-refractivity contribution is 7.22. The maximum Gasteiger partial charge on any atom is 0.282 e. The first-order valence-corrected chi connectivity index (χ1v) is 8.99. The van der Waals surface area contributed by atoms with Crippen LogP contribution in [-0.2, 0) is 6.54 Å². The highest BCUT2D eigenvalue weighted by Crippen LogP contribution is 2.34. The van der Waals surface area contributed by atoms with E-state index in [-0.39, 0.29) is 18.1 Å². The summed E-state index contributed by atoms with van der Waals surface area (Å²) in [4.78, 5) is 19.4. The van der Waals surface area contributed by atoms with Gasteiger partial charge in [0.15, 0.2) is 10.8 Å². The van der Waals surface area contributed by atoms with Gasteiger partial charge in [0, 0.05) is 6.07 Å². The monoisotopic (exact) mass is 367 g/mol. The minimum absolute atomic E-state index is 0.252. The average Bonchev–Trinajstić information content (AvgIpc) is 3.35. The maximum atomic E-state index is 13.1. The molecule has 6 nitrogen and oxygen atoms in total. The molecule has 0 aliphatic rings. The second-order valence-corrected chi connectivity index (χ2v) is 7.14. The van der Waals surface area contributed by atoms with E-state index in [1.807, 2.05) is 26.0 Å². The molecule has 3 aromatic heterocycles. The van der Waals surface area contributed by atoms with Crippen molar-refractivity contribution in [1.82, 2.24) is 10.1 Å². The number of rotatable bonds is 4. The molecule has 0 unspecified atom stereocenters. The van der Waals surface area contributed by atoms with Crippen molar-refractivity contribution in [2.75, 3.05) is 4.90 Å². The number of nitrogens with zero attached hydrogens (tertiary/aromatic N) is 3. The number of fused-ring (bicyclic) bond motifs is 1. The van der Waals surface area contributed by atoms with Gasteiger partial charge >= 0.3 is 0 Å². The van der Waals surface area contributed by atoms with Crippen molar-refractivity contribution in [3.05, 3.63) is 64.9 Å². The standard InChI is InChI=1S/C19H17N3O3S/c1-11-6-7-12(2)17-16(11)20-19(26-17)22(10-14-5-4-8-24-14)18(23)15-9-13(3)25-21-15/h4-9H,10H2,1-3H3. The molecule has 0 atom stereocenters. The fourth-order valence-electron chi connectivity index (χ4n) is 2.75. The minimum atomic E-state index is -0.271. The first-order chi connectivity index (χ1) is 12.5. The van der Waals surface area contributed by atoms with Gasteiger partial charge in [-0.05, 0) is 44.0 Å². The summed E-state index contributed by atoms with van der Waals surface area (Å²) in [5, 5.41) is 4.47. The zero-order valence-electron chi connectivity index (χ0n) is 14.6. The lowest BCUT2D eigenvalue weighted by Crippen LogP contribution is -2.30. The lowest BCUT2D eigenvalue weighted by molar-refractivity contribution is 0.0974. The Morgan fingerprint density at radius 2 is 2.00 bits per heavy atom. The third-order valence-corrected chi connectivity index (χ3v) is 5.36. The quantitative estimate of drug-likeness (QED) is 0.525. The number of thiazole rings is 1. The van der Waals surface area contributed by atoms with Crippen molar-refractivity contribution in [2.45, 2.75) is 27.3 Å². The first-order valence-electron chi connectivity index (χ1n) is 8.17. The number of hydrogen-bond donors (Lipinski definition) is 0. The van der Waals surface area contributed by atoms with Crippen molar-refractivity contribution in [1.29, 1.82) is 0 Å². The Hall–Kier alpha value is -2.93. The van der Waals surface area contributed by atoms with Crippen LogP contribution in [0.15, 0.2) is 45.5 Å². The summed E-state index contributed by atoms with van der Waals surface area (Å²) in [7, 11) is 0. The molecule has 0 saturated heterocycles. The summed E-state index contributed by atoms with van der Waals surface area (Å²) in [5.41, 5.74) is 3.38. The van der Waals surface area contributed by atoms with E-state index >= 15 is 0 Å². The van der Waals surface area contributed by atoms with Gasteiger partial charge in [-0.25, -0.2) is 4.98 Å². The molecule has 7 heteroatoms. The maximum absolute atomic E-state index is 13.1. The van der Waals surface area contributed by atoms with Crippen molar-refractivity contribution in [3.63, 3.8) is 0 Å². The van der Waals surface area contributed by atoms with Crippen molar-refractivity contribution < 1.29 is 13.7 Å². The van der Waals surface area contributed by atoms with E-state index in [0.717, 1.165) is 21.3 Å². The summed E-state index contributed by atoms with van der Waals surface area (Å²) in [6, 6.07) is 9.37.